The maximum atomic E-state index is 6.24. The zero-order valence-electron chi connectivity index (χ0n) is 14.8. The van der Waals surface area contributed by atoms with Gasteiger partial charge < -0.3 is 4.74 Å². The molecule has 5 heteroatoms. The predicted molar refractivity (Wildman–Crippen MR) is 115 cm³/mol. The van der Waals surface area contributed by atoms with Crippen LogP contribution in [0, 0.1) is 0 Å². The topological polar surface area (TPSA) is 24.8 Å². The van der Waals surface area contributed by atoms with Crippen molar-refractivity contribution in [3.05, 3.63) is 93.4 Å². The molecule has 1 aliphatic heterocycles. The number of anilines is 1. The van der Waals surface area contributed by atoms with Gasteiger partial charge in [0, 0.05) is 15.9 Å². The summed E-state index contributed by atoms with van der Waals surface area (Å²) < 4.78 is 6.47. The molecule has 0 unspecified atom stereocenters. The van der Waals surface area contributed by atoms with Crippen LogP contribution in [-0.2, 0) is 0 Å². The lowest BCUT2D eigenvalue weighted by molar-refractivity contribution is 0.414. The van der Waals surface area contributed by atoms with Crippen molar-refractivity contribution in [3.63, 3.8) is 0 Å². The van der Waals surface area contributed by atoms with E-state index in [0.717, 1.165) is 39.2 Å². The lowest BCUT2D eigenvalue weighted by Crippen LogP contribution is -2.18. The normalized spacial score (nSPS) is 16.3. The fourth-order valence-electron chi connectivity index (χ4n) is 3.29. The molecule has 3 aromatic rings. The first-order valence-corrected chi connectivity index (χ1v) is 9.83. The van der Waals surface area contributed by atoms with Gasteiger partial charge in [-0.05, 0) is 53.6 Å². The van der Waals surface area contributed by atoms with Crippen LogP contribution in [0.25, 0.3) is 0 Å². The van der Waals surface area contributed by atoms with E-state index in [1.807, 2.05) is 48.5 Å². The Morgan fingerprint density at radius 2 is 1.81 bits per heavy atom. The Kier molecular flexibility index (Phi) is 5.19. The molecule has 0 bridgehead atoms. The summed E-state index contributed by atoms with van der Waals surface area (Å²) in [6.45, 7) is 0. The van der Waals surface area contributed by atoms with Gasteiger partial charge in [-0.15, -0.1) is 0 Å². The van der Waals surface area contributed by atoms with Crippen molar-refractivity contribution in [2.24, 2.45) is 5.10 Å². The molecule has 0 saturated heterocycles. The lowest BCUT2D eigenvalue weighted by Gasteiger charge is -2.24. The molecular weight excluding hydrogens is 424 g/mol. The van der Waals surface area contributed by atoms with E-state index >= 15 is 0 Å². The minimum absolute atomic E-state index is 0.0808. The van der Waals surface area contributed by atoms with Crippen molar-refractivity contribution >= 4 is 38.9 Å². The van der Waals surface area contributed by atoms with Crippen LogP contribution in [-0.4, -0.2) is 12.8 Å². The van der Waals surface area contributed by atoms with Gasteiger partial charge in [0.05, 0.1) is 24.6 Å². The average molecular weight is 442 g/mol. The molecule has 0 spiro atoms. The van der Waals surface area contributed by atoms with Gasteiger partial charge in [-0.25, -0.2) is 0 Å². The van der Waals surface area contributed by atoms with Gasteiger partial charge in [0.1, 0.15) is 5.75 Å². The molecule has 136 valence electrons. The zero-order chi connectivity index (χ0) is 18.8. The highest BCUT2D eigenvalue weighted by molar-refractivity contribution is 9.10. The summed E-state index contributed by atoms with van der Waals surface area (Å²) in [4.78, 5) is 0. The molecule has 0 radical (unpaired) electrons. The van der Waals surface area contributed by atoms with Crippen LogP contribution >= 0.6 is 27.5 Å². The van der Waals surface area contributed by atoms with Crippen molar-refractivity contribution in [2.45, 2.75) is 12.5 Å². The standard InChI is InChI=1S/C22H18BrClN2O/c1-27-20-7-2-4-16(12-20)22-14-21(15-8-10-17(23)11-9-15)25-26(22)19-6-3-5-18(24)13-19/h2-13,22H,14H2,1H3/t22-/m0/s1. The van der Waals surface area contributed by atoms with Gasteiger partial charge >= 0.3 is 0 Å². The fraction of sp³-hybridized carbons (Fsp3) is 0.136. The van der Waals surface area contributed by atoms with E-state index in [9.17, 15) is 0 Å². The maximum Gasteiger partial charge on any atom is 0.119 e. The molecule has 3 nitrogen and oxygen atoms in total. The van der Waals surface area contributed by atoms with Gasteiger partial charge in [-0.2, -0.15) is 5.10 Å². The summed E-state index contributed by atoms with van der Waals surface area (Å²) in [6, 6.07) is 24.3. The summed E-state index contributed by atoms with van der Waals surface area (Å²) in [5.41, 5.74) is 4.30. The van der Waals surface area contributed by atoms with Crippen LogP contribution in [0.1, 0.15) is 23.6 Å². The number of hydrogen-bond acceptors (Lipinski definition) is 3. The highest BCUT2D eigenvalue weighted by atomic mass is 79.9. The zero-order valence-corrected chi connectivity index (χ0v) is 17.1. The quantitative estimate of drug-likeness (QED) is 0.464. The molecule has 0 amide bonds. The molecule has 1 heterocycles. The first kappa shape index (κ1) is 18.1. The van der Waals surface area contributed by atoms with Gasteiger partial charge in [0.2, 0.25) is 0 Å². The van der Waals surface area contributed by atoms with E-state index < -0.39 is 0 Å². The summed E-state index contributed by atoms with van der Waals surface area (Å²) in [6.07, 6.45) is 0.807. The number of benzene rings is 3. The highest BCUT2D eigenvalue weighted by Crippen LogP contribution is 2.38. The molecule has 27 heavy (non-hydrogen) atoms. The van der Waals surface area contributed by atoms with E-state index in [4.69, 9.17) is 21.4 Å². The second-order valence-corrected chi connectivity index (χ2v) is 7.73. The smallest absolute Gasteiger partial charge is 0.119 e. The minimum Gasteiger partial charge on any atom is -0.497 e. The van der Waals surface area contributed by atoms with Crippen molar-refractivity contribution < 1.29 is 4.74 Å². The Balaban J connectivity index is 1.76. The summed E-state index contributed by atoms with van der Waals surface area (Å²) in [5.74, 6) is 0.843. The summed E-state index contributed by atoms with van der Waals surface area (Å²) in [7, 11) is 1.69. The Labute approximate surface area is 172 Å². The number of rotatable bonds is 4. The van der Waals surface area contributed by atoms with Crippen molar-refractivity contribution in [2.75, 3.05) is 12.1 Å². The number of halogens is 2. The van der Waals surface area contributed by atoms with Crippen LogP contribution in [0.2, 0.25) is 5.02 Å². The van der Waals surface area contributed by atoms with Gasteiger partial charge in [-0.1, -0.05) is 57.9 Å². The maximum absolute atomic E-state index is 6.24. The summed E-state index contributed by atoms with van der Waals surface area (Å²) >= 11 is 9.73. The highest BCUT2D eigenvalue weighted by Gasteiger charge is 2.30. The fourth-order valence-corrected chi connectivity index (χ4v) is 3.74. The molecule has 0 saturated carbocycles. The Morgan fingerprint density at radius 3 is 2.56 bits per heavy atom. The predicted octanol–water partition coefficient (Wildman–Crippen LogP) is 6.47. The van der Waals surface area contributed by atoms with Gasteiger partial charge in [-0.3, -0.25) is 5.01 Å². The van der Waals surface area contributed by atoms with E-state index in [2.05, 4.69) is 45.2 Å². The third kappa shape index (κ3) is 3.87. The molecule has 0 N–H and O–H groups in total. The van der Waals surface area contributed by atoms with Crippen molar-refractivity contribution in [1.82, 2.24) is 0 Å². The van der Waals surface area contributed by atoms with E-state index in [1.54, 1.807) is 7.11 Å². The third-order valence-electron chi connectivity index (χ3n) is 4.64. The van der Waals surface area contributed by atoms with Crippen LogP contribution in [0.3, 0.4) is 0 Å². The molecule has 0 fully saturated rings. The number of hydrogen-bond donors (Lipinski definition) is 0. The van der Waals surface area contributed by atoms with Crippen molar-refractivity contribution in [3.8, 4) is 5.75 Å². The van der Waals surface area contributed by atoms with E-state index in [0.29, 0.717) is 5.02 Å². The van der Waals surface area contributed by atoms with Gasteiger partial charge in [0.25, 0.3) is 0 Å². The number of ether oxygens (including phenoxy) is 1. The number of nitrogens with zero attached hydrogens (tertiary/aromatic N) is 2. The molecular formula is C22H18BrClN2O. The Bertz CT molecular complexity index is 988. The molecule has 0 aliphatic carbocycles. The van der Waals surface area contributed by atoms with Gasteiger partial charge in [0.15, 0.2) is 0 Å². The van der Waals surface area contributed by atoms with Crippen LogP contribution in [0.4, 0.5) is 5.69 Å². The first-order chi connectivity index (χ1) is 13.1. The molecule has 4 rings (SSSR count). The Morgan fingerprint density at radius 1 is 1.04 bits per heavy atom. The first-order valence-electron chi connectivity index (χ1n) is 8.66. The third-order valence-corrected chi connectivity index (χ3v) is 5.40. The SMILES string of the molecule is COc1cccc([C@@H]2CC(c3ccc(Br)cc3)=NN2c2cccc(Cl)c2)c1. The largest absolute Gasteiger partial charge is 0.497 e. The minimum atomic E-state index is 0.0808. The molecule has 1 aliphatic rings. The number of hydrazone groups is 1. The second kappa shape index (κ2) is 7.75. The Hall–Kier alpha value is -2.30. The van der Waals surface area contributed by atoms with Crippen LogP contribution < -0.4 is 9.75 Å². The number of methoxy groups -OCH3 is 1. The van der Waals surface area contributed by atoms with Crippen molar-refractivity contribution in [1.29, 1.82) is 0 Å². The molecule has 1 atom stereocenters. The van der Waals surface area contributed by atoms with Crippen LogP contribution in [0.5, 0.6) is 5.75 Å². The lowest BCUT2D eigenvalue weighted by atomic mass is 9.98. The molecule has 3 aromatic carbocycles. The van der Waals surface area contributed by atoms with Crippen LogP contribution in [0.15, 0.2) is 82.4 Å². The summed E-state index contributed by atoms with van der Waals surface area (Å²) in [5, 5.41) is 7.70. The second-order valence-electron chi connectivity index (χ2n) is 6.37. The van der Waals surface area contributed by atoms with E-state index in [-0.39, 0.29) is 6.04 Å². The molecule has 0 aromatic heterocycles. The monoisotopic (exact) mass is 440 g/mol. The average Bonchev–Trinajstić information content (AvgIpc) is 3.14. The van der Waals surface area contributed by atoms with E-state index in [1.165, 1.54) is 0 Å².